The van der Waals surface area contributed by atoms with Gasteiger partial charge in [0.1, 0.15) is 18.1 Å². The first-order valence-corrected chi connectivity index (χ1v) is 10.4. The van der Waals surface area contributed by atoms with Gasteiger partial charge in [0.2, 0.25) is 6.29 Å². The zero-order valence-electron chi connectivity index (χ0n) is 17.7. The molecule has 0 spiro atoms. The summed E-state index contributed by atoms with van der Waals surface area (Å²) < 4.78 is 16.5. The molecular weight excluding hydrogens is 386 g/mol. The summed E-state index contributed by atoms with van der Waals surface area (Å²) in [6.45, 7) is 9.62. The summed E-state index contributed by atoms with van der Waals surface area (Å²) in [6.07, 6.45) is -0.617. The number of hydrogen-bond donors (Lipinski definition) is 0. The quantitative estimate of drug-likeness (QED) is 0.234. The van der Waals surface area contributed by atoms with Crippen molar-refractivity contribution in [2.75, 3.05) is 31.4 Å². The minimum absolute atomic E-state index is 0.364. The minimum atomic E-state index is -0.617. The first-order valence-electron chi connectivity index (χ1n) is 9.38. The van der Waals surface area contributed by atoms with E-state index in [9.17, 15) is 4.79 Å². The van der Waals surface area contributed by atoms with E-state index in [1.165, 1.54) is 6.92 Å². The lowest BCUT2D eigenvalue weighted by Crippen LogP contribution is -2.19. The predicted molar refractivity (Wildman–Crippen MR) is 119 cm³/mol. The summed E-state index contributed by atoms with van der Waals surface area (Å²) in [5.74, 6) is 1.93. The highest BCUT2D eigenvalue weighted by Crippen LogP contribution is 2.27. The van der Waals surface area contributed by atoms with Gasteiger partial charge in [-0.1, -0.05) is 6.58 Å². The van der Waals surface area contributed by atoms with Gasteiger partial charge in [0.25, 0.3) is 0 Å². The number of esters is 1. The van der Waals surface area contributed by atoms with Gasteiger partial charge in [0.15, 0.2) is 0 Å². The zero-order chi connectivity index (χ0) is 21.4. The number of ether oxygens (including phenoxy) is 3. The Bertz CT molecular complexity index is 833. The topological polar surface area (TPSA) is 48.0 Å². The maximum absolute atomic E-state index is 11.0. The van der Waals surface area contributed by atoms with Crippen molar-refractivity contribution < 1.29 is 19.0 Å². The van der Waals surface area contributed by atoms with Gasteiger partial charge >= 0.3 is 5.97 Å². The van der Waals surface area contributed by atoms with E-state index in [-0.39, 0.29) is 5.97 Å². The highest BCUT2D eigenvalue weighted by molar-refractivity contribution is 7.99. The van der Waals surface area contributed by atoms with Gasteiger partial charge in [0, 0.05) is 44.3 Å². The Kier molecular flexibility index (Phi) is 8.46. The fourth-order valence-electron chi connectivity index (χ4n) is 2.53. The largest absolute Gasteiger partial charge is 0.489 e. The number of rotatable bonds is 10. The van der Waals surface area contributed by atoms with Crippen molar-refractivity contribution in [3.63, 3.8) is 0 Å². The molecule has 5 nitrogen and oxygen atoms in total. The number of aryl methyl sites for hydroxylation is 1. The van der Waals surface area contributed by atoms with Crippen LogP contribution in [0, 0.1) is 6.92 Å². The third kappa shape index (κ3) is 7.74. The third-order valence-electron chi connectivity index (χ3n) is 4.01. The van der Waals surface area contributed by atoms with Crippen LogP contribution >= 0.6 is 11.8 Å². The van der Waals surface area contributed by atoms with Crippen LogP contribution in [0.25, 0.3) is 0 Å². The first-order chi connectivity index (χ1) is 13.7. The van der Waals surface area contributed by atoms with Crippen LogP contribution in [0.15, 0.2) is 59.5 Å². The Morgan fingerprint density at radius 2 is 1.86 bits per heavy atom. The Hall–Kier alpha value is -2.60. The average Bonchev–Trinajstić information content (AvgIpc) is 2.66. The Balaban J connectivity index is 1.80. The number of anilines is 1. The van der Waals surface area contributed by atoms with Crippen LogP contribution < -0.4 is 14.4 Å². The van der Waals surface area contributed by atoms with Crippen LogP contribution in [0.4, 0.5) is 5.69 Å². The van der Waals surface area contributed by atoms with Gasteiger partial charge in [0.05, 0.1) is 0 Å². The maximum Gasteiger partial charge on any atom is 0.305 e. The van der Waals surface area contributed by atoms with Crippen LogP contribution in [-0.4, -0.2) is 38.7 Å². The van der Waals surface area contributed by atoms with Crippen LogP contribution in [0.1, 0.15) is 19.4 Å². The van der Waals surface area contributed by atoms with Crippen molar-refractivity contribution in [1.29, 1.82) is 0 Å². The maximum atomic E-state index is 11.0. The summed E-state index contributed by atoms with van der Waals surface area (Å²) in [7, 11) is 4.02. The molecule has 29 heavy (non-hydrogen) atoms. The second-order valence-electron chi connectivity index (χ2n) is 6.94. The number of carbonyl (C=O) groups is 1. The minimum Gasteiger partial charge on any atom is -0.489 e. The molecule has 2 aromatic rings. The average molecular weight is 416 g/mol. The second kappa shape index (κ2) is 10.8. The number of carbonyl (C=O) groups excluding carboxylic acids is 1. The second-order valence-corrected chi connectivity index (χ2v) is 7.99. The van der Waals surface area contributed by atoms with E-state index in [2.05, 4.69) is 17.5 Å². The van der Waals surface area contributed by atoms with E-state index in [0.29, 0.717) is 12.4 Å². The summed E-state index contributed by atoms with van der Waals surface area (Å²) in [5.41, 5.74) is 3.13. The molecular formula is C23H29NO4S. The summed E-state index contributed by atoms with van der Waals surface area (Å²) in [6, 6.07) is 13.9. The van der Waals surface area contributed by atoms with Crippen molar-refractivity contribution in [2.24, 2.45) is 0 Å². The van der Waals surface area contributed by atoms with E-state index in [4.69, 9.17) is 14.2 Å². The monoisotopic (exact) mass is 415 g/mol. The molecule has 0 aliphatic heterocycles. The van der Waals surface area contributed by atoms with Gasteiger partial charge in [-0.25, -0.2) is 0 Å². The highest BCUT2D eigenvalue weighted by atomic mass is 32.2. The lowest BCUT2D eigenvalue weighted by atomic mass is 10.2. The molecule has 2 aromatic carbocycles. The van der Waals surface area contributed by atoms with Crippen molar-refractivity contribution in [3.8, 4) is 11.5 Å². The van der Waals surface area contributed by atoms with Gasteiger partial charge in [-0.15, -0.1) is 11.8 Å². The molecule has 0 aromatic heterocycles. The lowest BCUT2D eigenvalue weighted by molar-refractivity contribution is -0.158. The number of hydrogen-bond acceptors (Lipinski definition) is 6. The molecule has 0 N–H and O–H groups in total. The van der Waals surface area contributed by atoms with E-state index in [1.54, 1.807) is 18.7 Å². The highest BCUT2D eigenvalue weighted by Gasteiger charge is 2.10. The molecule has 0 bridgehead atoms. The smallest absolute Gasteiger partial charge is 0.305 e. The van der Waals surface area contributed by atoms with Gasteiger partial charge < -0.3 is 19.1 Å². The number of thioether (sulfide) groups is 1. The molecule has 0 aliphatic rings. The van der Waals surface area contributed by atoms with Crippen molar-refractivity contribution in [2.45, 2.75) is 32.0 Å². The van der Waals surface area contributed by atoms with Gasteiger partial charge in [-0.2, -0.15) is 0 Å². The first kappa shape index (κ1) is 22.7. The van der Waals surface area contributed by atoms with Crippen LogP contribution in [0.5, 0.6) is 11.5 Å². The summed E-state index contributed by atoms with van der Waals surface area (Å²) in [5, 5.41) is 0. The molecule has 0 aliphatic carbocycles. The Labute approximate surface area is 177 Å². The van der Waals surface area contributed by atoms with Crippen LogP contribution in [0.2, 0.25) is 0 Å². The Morgan fingerprint density at radius 3 is 2.45 bits per heavy atom. The fraction of sp³-hybridized carbons (Fsp3) is 0.348. The molecule has 0 heterocycles. The van der Waals surface area contributed by atoms with Gasteiger partial charge in [-0.3, -0.25) is 4.79 Å². The predicted octanol–water partition coefficient (Wildman–Crippen LogP) is 5.08. The number of nitrogens with zero attached hydrogens (tertiary/aromatic N) is 1. The molecule has 0 amide bonds. The molecule has 2 rings (SSSR count). The molecule has 1 unspecified atom stereocenters. The molecule has 0 saturated heterocycles. The third-order valence-corrected chi connectivity index (χ3v) is 5.15. The van der Waals surface area contributed by atoms with Crippen LogP contribution in [0.3, 0.4) is 0 Å². The number of benzene rings is 2. The normalized spacial score (nSPS) is 11.5. The van der Waals surface area contributed by atoms with Crippen molar-refractivity contribution >= 4 is 23.4 Å². The van der Waals surface area contributed by atoms with E-state index < -0.39 is 6.29 Å². The molecule has 0 fully saturated rings. The molecule has 0 saturated carbocycles. The zero-order valence-corrected chi connectivity index (χ0v) is 18.5. The van der Waals surface area contributed by atoms with Crippen molar-refractivity contribution in [1.82, 2.24) is 0 Å². The Morgan fingerprint density at radius 1 is 1.17 bits per heavy atom. The van der Waals surface area contributed by atoms with Gasteiger partial charge in [-0.05, 0) is 60.5 Å². The lowest BCUT2D eigenvalue weighted by Gasteiger charge is -2.16. The molecule has 156 valence electrons. The summed E-state index contributed by atoms with van der Waals surface area (Å²) >= 11 is 1.70. The fourth-order valence-corrected chi connectivity index (χ4v) is 3.41. The van der Waals surface area contributed by atoms with Crippen molar-refractivity contribution in [3.05, 3.63) is 60.2 Å². The SMILES string of the molecule is C=C(COc1ccc(N(C)C)cc1)CSc1ccc(OC(C)OC(C)=O)c(C)c1. The molecule has 1 atom stereocenters. The molecule has 0 radical (unpaired) electrons. The summed E-state index contributed by atoms with van der Waals surface area (Å²) in [4.78, 5) is 14.2. The molecule has 6 heteroatoms. The standard InChI is InChI=1S/C23H29NO4S/c1-16(14-26-21-9-7-20(8-10-21)24(5)6)15-29-22-11-12-23(17(2)13-22)28-19(4)27-18(3)25/h7-13,19H,1,14-15H2,2-6H3. The van der Waals surface area contributed by atoms with E-state index in [1.807, 2.05) is 57.4 Å². The van der Waals surface area contributed by atoms with Crippen LogP contribution in [-0.2, 0) is 9.53 Å². The van der Waals surface area contributed by atoms with E-state index >= 15 is 0 Å². The van der Waals surface area contributed by atoms with E-state index in [0.717, 1.165) is 33.2 Å².